The van der Waals surface area contributed by atoms with Crippen molar-refractivity contribution in [2.24, 2.45) is 13.0 Å². The molecule has 2 rings (SSSR count). The lowest BCUT2D eigenvalue weighted by molar-refractivity contribution is -0.116. The maximum Gasteiger partial charge on any atom is 0.173 e. The number of allylic oxidation sites excluding steroid dienone is 2. The molecule has 0 aromatic carbocycles. The minimum absolute atomic E-state index is 0.0197. The molecule has 1 aromatic rings. The van der Waals surface area contributed by atoms with Gasteiger partial charge in [-0.3, -0.25) is 9.48 Å². The van der Waals surface area contributed by atoms with E-state index in [2.05, 4.69) is 11.3 Å². The van der Waals surface area contributed by atoms with Crippen molar-refractivity contribution in [1.29, 1.82) is 5.26 Å². The first-order valence-electron chi connectivity index (χ1n) is 6.78. The summed E-state index contributed by atoms with van der Waals surface area (Å²) in [6.07, 6.45) is 7.82. The minimum atomic E-state index is -0.0197. The molecule has 0 aliphatic heterocycles. The molecule has 0 radical (unpaired) electrons. The van der Waals surface area contributed by atoms with E-state index in [0.29, 0.717) is 17.9 Å². The van der Waals surface area contributed by atoms with Gasteiger partial charge in [0.15, 0.2) is 5.78 Å². The molecule has 4 heteroatoms. The number of ketones is 1. The van der Waals surface area contributed by atoms with Gasteiger partial charge in [-0.05, 0) is 37.2 Å². The van der Waals surface area contributed by atoms with Crippen LogP contribution in [0.15, 0.2) is 17.8 Å². The Morgan fingerprint density at radius 1 is 1.68 bits per heavy atom. The number of carbonyl (C=O) groups is 1. The zero-order chi connectivity index (χ0) is 13.8. The van der Waals surface area contributed by atoms with Crippen molar-refractivity contribution in [2.75, 3.05) is 0 Å². The van der Waals surface area contributed by atoms with Crippen molar-refractivity contribution in [2.45, 2.75) is 39.0 Å². The molecule has 0 saturated carbocycles. The Balaban J connectivity index is 2.01. The molecule has 1 heterocycles. The highest BCUT2D eigenvalue weighted by Gasteiger charge is 2.24. The largest absolute Gasteiger partial charge is 0.293 e. The van der Waals surface area contributed by atoms with E-state index in [1.807, 2.05) is 24.7 Å². The normalized spacial score (nSPS) is 18.8. The summed E-state index contributed by atoms with van der Waals surface area (Å²) >= 11 is 0. The fourth-order valence-electron chi connectivity index (χ4n) is 2.67. The van der Waals surface area contributed by atoms with Gasteiger partial charge in [0.05, 0.1) is 11.3 Å². The number of fused-ring (bicyclic) bond motifs is 1. The molecular weight excluding hydrogens is 238 g/mol. The van der Waals surface area contributed by atoms with Gasteiger partial charge in [0, 0.05) is 19.7 Å². The van der Waals surface area contributed by atoms with E-state index in [1.165, 1.54) is 5.56 Å². The SMILES string of the molecule is CC/C=C(/C#N)C(=O)C[C@@H]1CCc2cn(C)nc2C1. The van der Waals surface area contributed by atoms with E-state index in [9.17, 15) is 4.79 Å². The van der Waals surface area contributed by atoms with Crippen LogP contribution in [0.5, 0.6) is 0 Å². The highest BCUT2D eigenvalue weighted by atomic mass is 16.1. The number of nitriles is 1. The van der Waals surface area contributed by atoms with Crippen LogP contribution in [0.3, 0.4) is 0 Å². The molecule has 19 heavy (non-hydrogen) atoms. The number of hydrogen-bond donors (Lipinski definition) is 0. The van der Waals surface area contributed by atoms with Crippen molar-refractivity contribution in [3.8, 4) is 6.07 Å². The summed E-state index contributed by atoms with van der Waals surface area (Å²) in [6, 6.07) is 2.01. The number of aromatic nitrogens is 2. The van der Waals surface area contributed by atoms with Crippen molar-refractivity contribution in [3.63, 3.8) is 0 Å². The van der Waals surface area contributed by atoms with Gasteiger partial charge in [-0.1, -0.05) is 13.0 Å². The van der Waals surface area contributed by atoms with Gasteiger partial charge >= 0.3 is 0 Å². The second-order valence-corrected chi connectivity index (χ2v) is 5.15. The smallest absolute Gasteiger partial charge is 0.173 e. The molecule has 4 nitrogen and oxygen atoms in total. The Morgan fingerprint density at radius 2 is 2.47 bits per heavy atom. The maximum atomic E-state index is 12.0. The third-order valence-corrected chi connectivity index (χ3v) is 3.60. The van der Waals surface area contributed by atoms with Crippen molar-refractivity contribution >= 4 is 5.78 Å². The third kappa shape index (κ3) is 3.11. The number of nitrogens with zero attached hydrogens (tertiary/aromatic N) is 3. The van der Waals surface area contributed by atoms with Crippen LogP contribution in [0.2, 0.25) is 0 Å². The van der Waals surface area contributed by atoms with Crippen molar-refractivity contribution in [1.82, 2.24) is 9.78 Å². The predicted octanol–water partition coefficient (Wildman–Crippen LogP) is 2.34. The molecule has 1 aliphatic rings. The number of rotatable bonds is 4. The molecule has 0 amide bonds. The number of carbonyl (C=O) groups excluding carboxylic acids is 1. The van der Waals surface area contributed by atoms with Crippen LogP contribution in [0.25, 0.3) is 0 Å². The van der Waals surface area contributed by atoms with Gasteiger partial charge in [0.25, 0.3) is 0 Å². The first kappa shape index (κ1) is 13.5. The second kappa shape index (κ2) is 5.83. The first-order valence-corrected chi connectivity index (χ1v) is 6.78. The first-order chi connectivity index (χ1) is 9.13. The molecule has 1 atom stereocenters. The topological polar surface area (TPSA) is 58.7 Å². The number of aryl methyl sites for hydroxylation is 2. The van der Waals surface area contributed by atoms with E-state index in [-0.39, 0.29) is 5.78 Å². The number of hydrogen-bond acceptors (Lipinski definition) is 3. The van der Waals surface area contributed by atoms with E-state index < -0.39 is 0 Å². The van der Waals surface area contributed by atoms with Crippen LogP contribution in [0.4, 0.5) is 0 Å². The molecule has 0 unspecified atom stereocenters. The molecule has 0 fully saturated rings. The van der Waals surface area contributed by atoms with Crippen molar-refractivity contribution in [3.05, 3.63) is 29.1 Å². The van der Waals surface area contributed by atoms with Crippen LogP contribution in [-0.4, -0.2) is 15.6 Å². The monoisotopic (exact) mass is 257 g/mol. The van der Waals surface area contributed by atoms with Crippen molar-refractivity contribution < 1.29 is 4.79 Å². The molecule has 100 valence electrons. The molecular formula is C15H19N3O. The quantitative estimate of drug-likeness (QED) is 0.614. The zero-order valence-corrected chi connectivity index (χ0v) is 11.5. The molecule has 1 aliphatic carbocycles. The predicted molar refractivity (Wildman–Crippen MR) is 72.3 cm³/mol. The summed E-state index contributed by atoms with van der Waals surface area (Å²) in [5, 5.41) is 13.4. The number of Topliss-reactive ketones (excluding diaryl/α,β-unsaturated/α-hetero) is 1. The summed E-state index contributed by atoms with van der Waals surface area (Å²) in [4.78, 5) is 12.0. The molecule has 1 aromatic heterocycles. The lowest BCUT2D eigenvalue weighted by atomic mass is 9.84. The van der Waals surface area contributed by atoms with Crippen LogP contribution in [0, 0.1) is 17.2 Å². The fourth-order valence-corrected chi connectivity index (χ4v) is 2.67. The summed E-state index contributed by atoms with van der Waals surface area (Å²) in [5.41, 5.74) is 2.73. The Labute approximate surface area is 113 Å². The summed E-state index contributed by atoms with van der Waals surface area (Å²) in [7, 11) is 1.93. The van der Waals surface area contributed by atoms with Gasteiger partial charge < -0.3 is 0 Å². The molecule has 0 spiro atoms. The zero-order valence-electron chi connectivity index (χ0n) is 11.5. The van der Waals surface area contributed by atoms with Gasteiger partial charge in [0.2, 0.25) is 0 Å². The van der Waals surface area contributed by atoms with Crippen LogP contribution in [0.1, 0.15) is 37.4 Å². The molecule has 0 bridgehead atoms. The van der Waals surface area contributed by atoms with E-state index >= 15 is 0 Å². The second-order valence-electron chi connectivity index (χ2n) is 5.15. The van der Waals surface area contributed by atoms with Crippen LogP contribution in [-0.2, 0) is 24.7 Å². The molecule has 0 N–H and O–H groups in total. The van der Waals surface area contributed by atoms with E-state index in [1.54, 1.807) is 6.08 Å². The Bertz CT molecular complexity index is 548. The molecule has 0 saturated heterocycles. The Kier molecular flexibility index (Phi) is 4.16. The Hall–Kier alpha value is -1.89. The summed E-state index contributed by atoms with van der Waals surface area (Å²) < 4.78 is 1.84. The lowest BCUT2D eigenvalue weighted by Gasteiger charge is -2.20. The maximum absolute atomic E-state index is 12.0. The minimum Gasteiger partial charge on any atom is -0.293 e. The van der Waals surface area contributed by atoms with E-state index in [4.69, 9.17) is 5.26 Å². The van der Waals surface area contributed by atoms with Crippen LogP contribution < -0.4 is 0 Å². The standard InChI is InChI=1S/C15H19N3O/c1-3-4-12(9-16)15(19)8-11-5-6-13-10-18(2)17-14(13)7-11/h4,10-11H,3,5-8H2,1-2H3/b12-4-/t11-/m1/s1. The van der Waals surface area contributed by atoms with E-state index in [0.717, 1.165) is 31.4 Å². The van der Waals surface area contributed by atoms with Gasteiger partial charge in [-0.2, -0.15) is 10.4 Å². The van der Waals surface area contributed by atoms with Gasteiger partial charge in [-0.15, -0.1) is 0 Å². The van der Waals surface area contributed by atoms with Gasteiger partial charge in [0.1, 0.15) is 6.07 Å². The highest BCUT2D eigenvalue weighted by molar-refractivity contribution is 5.99. The van der Waals surface area contributed by atoms with Crippen LogP contribution >= 0.6 is 0 Å². The summed E-state index contributed by atoms with van der Waals surface area (Å²) in [5.74, 6) is 0.303. The Morgan fingerprint density at radius 3 is 3.16 bits per heavy atom. The summed E-state index contributed by atoms with van der Waals surface area (Å²) in [6.45, 7) is 1.94. The average Bonchev–Trinajstić information content (AvgIpc) is 2.75. The average molecular weight is 257 g/mol. The fraction of sp³-hybridized carbons (Fsp3) is 0.533. The third-order valence-electron chi connectivity index (χ3n) is 3.60. The van der Waals surface area contributed by atoms with Gasteiger partial charge in [-0.25, -0.2) is 0 Å². The lowest BCUT2D eigenvalue weighted by Crippen LogP contribution is -2.18. The highest BCUT2D eigenvalue weighted by Crippen LogP contribution is 2.27.